The van der Waals surface area contributed by atoms with Crippen molar-refractivity contribution in [3.05, 3.63) is 0 Å². The lowest BCUT2D eigenvalue weighted by Crippen LogP contribution is -2.24. The van der Waals surface area contributed by atoms with Crippen LogP contribution in [0, 0.1) is 5.92 Å². The molecule has 3 nitrogen and oxygen atoms in total. The van der Waals surface area contributed by atoms with Gasteiger partial charge in [0.2, 0.25) is 0 Å². The fourth-order valence-corrected chi connectivity index (χ4v) is 1.52. The lowest BCUT2D eigenvalue weighted by Gasteiger charge is -2.16. The molecule has 1 aliphatic heterocycles. The van der Waals surface area contributed by atoms with Crippen LogP contribution in [0.3, 0.4) is 0 Å². The Morgan fingerprint density at radius 3 is 2.85 bits per heavy atom. The molecule has 0 radical (unpaired) electrons. The Hall–Kier alpha value is -0.120. The van der Waals surface area contributed by atoms with Gasteiger partial charge >= 0.3 is 0 Å². The van der Waals surface area contributed by atoms with Gasteiger partial charge in [0, 0.05) is 6.61 Å². The molecule has 1 aliphatic rings. The second kappa shape index (κ2) is 5.58. The predicted molar refractivity (Wildman–Crippen MR) is 52.7 cm³/mol. The lowest BCUT2D eigenvalue weighted by atomic mass is 10.1. The summed E-state index contributed by atoms with van der Waals surface area (Å²) < 4.78 is 5.49. The van der Waals surface area contributed by atoms with E-state index in [-0.39, 0.29) is 12.2 Å². The molecule has 0 spiro atoms. The van der Waals surface area contributed by atoms with Crippen molar-refractivity contribution < 1.29 is 9.84 Å². The van der Waals surface area contributed by atoms with Crippen LogP contribution in [0.5, 0.6) is 0 Å². The molecule has 3 unspecified atom stereocenters. The minimum atomic E-state index is -0.360. The van der Waals surface area contributed by atoms with Crippen molar-refractivity contribution in [1.29, 1.82) is 0 Å². The first-order valence-corrected chi connectivity index (χ1v) is 5.20. The Bertz CT molecular complexity index is 131. The average Bonchev–Trinajstić information content (AvgIpc) is 2.56. The molecule has 1 rings (SSSR count). The van der Waals surface area contributed by atoms with Crippen LogP contribution in [0.15, 0.2) is 0 Å². The molecule has 0 amide bonds. The van der Waals surface area contributed by atoms with Gasteiger partial charge in [-0.3, -0.25) is 0 Å². The summed E-state index contributed by atoms with van der Waals surface area (Å²) in [6.07, 6.45) is 1.99. The molecule has 0 aromatic rings. The van der Waals surface area contributed by atoms with Crippen LogP contribution in [0.25, 0.3) is 0 Å². The molecule has 0 aliphatic carbocycles. The zero-order valence-corrected chi connectivity index (χ0v) is 8.62. The number of ether oxygens (including phenoxy) is 1. The van der Waals surface area contributed by atoms with E-state index in [1.807, 2.05) is 6.92 Å². The molecule has 0 aromatic carbocycles. The summed E-state index contributed by atoms with van der Waals surface area (Å²) in [4.78, 5) is 0. The molecule has 0 bridgehead atoms. The summed E-state index contributed by atoms with van der Waals surface area (Å²) in [7, 11) is 0. The number of rotatable bonds is 5. The molecule has 1 heterocycles. The summed E-state index contributed by atoms with van der Waals surface area (Å²) in [6.45, 7) is 6.74. The van der Waals surface area contributed by atoms with E-state index in [0.717, 1.165) is 32.0 Å². The molecule has 1 saturated heterocycles. The molecule has 13 heavy (non-hydrogen) atoms. The van der Waals surface area contributed by atoms with Crippen LogP contribution >= 0.6 is 0 Å². The van der Waals surface area contributed by atoms with Crippen molar-refractivity contribution in [2.24, 2.45) is 5.92 Å². The average molecular weight is 187 g/mol. The van der Waals surface area contributed by atoms with Crippen molar-refractivity contribution in [1.82, 2.24) is 5.32 Å². The van der Waals surface area contributed by atoms with E-state index < -0.39 is 0 Å². The van der Waals surface area contributed by atoms with Gasteiger partial charge in [0.1, 0.15) is 0 Å². The zero-order valence-electron chi connectivity index (χ0n) is 8.62. The van der Waals surface area contributed by atoms with Gasteiger partial charge in [0.15, 0.2) is 0 Å². The third-order valence-corrected chi connectivity index (χ3v) is 2.75. The van der Waals surface area contributed by atoms with Crippen molar-refractivity contribution >= 4 is 0 Å². The van der Waals surface area contributed by atoms with E-state index >= 15 is 0 Å². The normalized spacial score (nSPS) is 27.5. The fourth-order valence-electron chi connectivity index (χ4n) is 1.52. The van der Waals surface area contributed by atoms with Crippen LogP contribution < -0.4 is 5.32 Å². The van der Waals surface area contributed by atoms with Crippen LogP contribution in [0.1, 0.15) is 26.7 Å². The first kappa shape index (κ1) is 11.0. The van der Waals surface area contributed by atoms with Crippen LogP contribution in [-0.2, 0) is 4.74 Å². The van der Waals surface area contributed by atoms with Crippen molar-refractivity contribution in [2.45, 2.75) is 38.9 Å². The fraction of sp³-hybridized carbons (Fsp3) is 1.00. The Labute approximate surface area is 80.5 Å². The quantitative estimate of drug-likeness (QED) is 0.668. The SMILES string of the molecule is CC(O)C(C)OCCC1CCNC1. The van der Waals surface area contributed by atoms with Crippen molar-refractivity contribution in [2.75, 3.05) is 19.7 Å². The summed E-state index contributed by atoms with van der Waals surface area (Å²) >= 11 is 0. The topological polar surface area (TPSA) is 41.5 Å². The van der Waals surface area contributed by atoms with Crippen molar-refractivity contribution in [3.63, 3.8) is 0 Å². The number of hydrogen-bond donors (Lipinski definition) is 2. The highest BCUT2D eigenvalue weighted by Gasteiger charge is 2.15. The van der Waals surface area contributed by atoms with Crippen LogP contribution in [0.4, 0.5) is 0 Å². The first-order valence-electron chi connectivity index (χ1n) is 5.20. The highest BCUT2D eigenvalue weighted by atomic mass is 16.5. The van der Waals surface area contributed by atoms with E-state index in [1.54, 1.807) is 6.92 Å². The second-order valence-electron chi connectivity index (χ2n) is 3.96. The maximum absolute atomic E-state index is 9.18. The van der Waals surface area contributed by atoms with Gasteiger partial charge in [-0.05, 0) is 45.7 Å². The van der Waals surface area contributed by atoms with E-state index in [4.69, 9.17) is 4.74 Å². The third-order valence-electron chi connectivity index (χ3n) is 2.75. The van der Waals surface area contributed by atoms with Gasteiger partial charge in [0.25, 0.3) is 0 Å². The number of hydrogen-bond acceptors (Lipinski definition) is 3. The van der Waals surface area contributed by atoms with Crippen LogP contribution in [-0.4, -0.2) is 37.0 Å². The summed E-state index contributed by atoms with van der Waals surface area (Å²) in [6, 6.07) is 0. The molecule has 78 valence electrons. The predicted octanol–water partition coefficient (Wildman–Crippen LogP) is 0.772. The molecule has 0 saturated carbocycles. The third kappa shape index (κ3) is 4.07. The smallest absolute Gasteiger partial charge is 0.0803 e. The molecular formula is C10H21NO2. The van der Waals surface area contributed by atoms with Gasteiger partial charge in [-0.15, -0.1) is 0 Å². The Morgan fingerprint density at radius 1 is 1.54 bits per heavy atom. The van der Waals surface area contributed by atoms with Gasteiger partial charge in [-0.1, -0.05) is 0 Å². The standard InChI is InChI=1S/C10H21NO2/c1-8(12)9(2)13-6-4-10-3-5-11-7-10/h8-12H,3-7H2,1-2H3. The van der Waals surface area contributed by atoms with Gasteiger partial charge in [0.05, 0.1) is 12.2 Å². The summed E-state index contributed by atoms with van der Waals surface area (Å²) in [5, 5.41) is 12.5. The van der Waals surface area contributed by atoms with E-state index in [9.17, 15) is 5.11 Å². The Morgan fingerprint density at radius 2 is 2.31 bits per heavy atom. The zero-order chi connectivity index (χ0) is 9.68. The second-order valence-corrected chi connectivity index (χ2v) is 3.96. The van der Waals surface area contributed by atoms with Crippen LogP contribution in [0.2, 0.25) is 0 Å². The monoisotopic (exact) mass is 187 g/mol. The van der Waals surface area contributed by atoms with Gasteiger partial charge < -0.3 is 15.2 Å². The minimum Gasteiger partial charge on any atom is -0.391 e. The molecule has 2 N–H and O–H groups in total. The number of nitrogens with one attached hydrogen (secondary N) is 1. The maximum Gasteiger partial charge on any atom is 0.0803 e. The number of aliphatic hydroxyl groups excluding tert-OH is 1. The molecule has 3 atom stereocenters. The highest BCUT2D eigenvalue weighted by Crippen LogP contribution is 2.12. The van der Waals surface area contributed by atoms with E-state index in [1.165, 1.54) is 6.42 Å². The number of aliphatic hydroxyl groups is 1. The molecular weight excluding hydrogens is 166 g/mol. The molecule has 3 heteroatoms. The Balaban J connectivity index is 1.99. The van der Waals surface area contributed by atoms with Gasteiger partial charge in [-0.25, -0.2) is 0 Å². The van der Waals surface area contributed by atoms with Crippen molar-refractivity contribution in [3.8, 4) is 0 Å². The van der Waals surface area contributed by atoms with E-state index in [2.05, 4.69) is 5.32 Å². The highest BCUT2D eigenvalue weighted by molar-refractivity contribution is 4.70. The Kier molecular flexibility index (Phi) is 4.70. The van der Waals surface area contributed by atoms with Gasteiger partial charge in [-0.2, -0.15) is 0 Å². The first-order chi connectivity index (χ1) is 6.20. The lowest BCUT2D eigenvalue weighted by molar-refractivity contribution is -0.0219. The summed E-state index contributed by atoms with van der Waals surface area (Å²) in [5.41, 5.74) is 0. The molecule has 0 aromatic heterocycles. The largest absolute Gasteiger partial charge is 0.391 e. The summed E-state index contributed by atoms with van der Waals surface area (Å²) in [5.74, 6) is 0.779. The maximum atomic E-state index is 9.18. The molecule has 1 fully saturated rings. The van der Waals surface area contributed by atoms with E-state index in [0.29, 0.717) is 0 Å². The minimum absolute atomic E-state index is 0.0330.